The highest BCUT2D eigenvalue weighted by Crippen LogP contribution is 2.20. The molecule has 1 N–H and O–H groups in total. The maximum atomic E-state index is 11.9. The topological polar surface area (TPSA) is 34.4 Å². The van der Waals surface area contributed by atoms with Crippen LogP contribution in [0.4, 0.5) is 13.2 Å². The minimum Gasteiger partial charge on any atom is -0.464 e. The van der Waals surface area contributed by atoms with E-state index in [0.29, 0.717) is 12.3 Å². The van der Waals surface area contributed by atoms with Crippen LogP contribution in [0.25, 0.3) is 0 Å². The highest BCUT2D eigenvalue weighted by Gasteiger charge is 2.26. The Kier molecular flexibility index (Phi) is 6.37. The van der Waals surface area contributed by atoms with Crippen LogP contribution in [0.15, 0.2) is 10.5 Å². The molecule has 0 unspecified atom stereocenters. The van der Waals surface area contributed by atoms with E-state index >= 15 is 0 Å². The van der Waals surface area contributed by atoms with Crippen molar-refractivity contribution >= 4 is 0 Å². The lowest BCUT2D eigenvalue weighted by atomic mass is 10.2. The fourth-order valence-electron chi connectivity index (χ4n) is 1.59. The summed E-state index contributed by atoms with van der Waals surface area (Å²) in [5, 5.41) is 3.24. The van der Waals surface area contributed by atoms with Crippen LogP contribution in [0.1, 0.15) is 36.8 Å². The van der Waals surface area contributed by atoms with Gasteiger partial charge in [0.1, 0.15) is 18.1 Å². The fourth-order valence-corrected chi connectivity index (χ4v) is 1.59. The van der Waals surface area contributed by atoms with Gasteiger partial charge in [0.15, 0.2) is 0 Å². The van der Waals surface area contributed by atoms with Gasteiger partial charge in [-0.05, 0) is 26.0 Å². The molecule has 0 aromatic carbocycles. The zero-order chi connectivity index (χ0) is 14.3. The van der Waals surface area contributed by atoms with Gasteiger partial charge in [-0.2, -0.15) is 13.2 Å². The molecule has 3 nitrogen and oxygen atoms in total. The van der Waals surface area contributed by atoms with Crippen molar-refractivity contribution in [3.05, 3.63) is 23.2 Å². The predicted molar refractivity (Wildman–Crippen MR) is 65.8 cm³/mol. The number of aryl methyl sites for hydroxylation is 1. The van der Waals surface area contributed by atoms with Gasteiger partial charge >= 0.3 is 6.18 Å². The van der Waals surface area contributed by atoms with Crippen molar-refractivity contribution in [2.45, 2.75) is 46.0 Å². The van der Waals surface area contributed by atoms with Crippen LogP contribution in [0, 0.1) is 6.92 Å². The molecule has 0 atom stereocenters. The summed E-state index contributed by atoms with van der Waals surface area (Å²) in [7, 11) is 0. The smallest absolute Gasteiger partial charge is 0.391 e. The Hall–Kier alpha value is -1.01. The van der Waals surface area contributed by atoms with Crippen LogP contribution in [0.3, 0.4) is 0 Å². The summed E-state index contributed by atoms with van der Waals surface area (Å²) in [6.45, 7) is 5.27. The van der Waals surface area contributed by atoms with Crippen LogP contribution in [-0.2, 0) is 17.9 Å². The minimum absolute atomic E-state index is 0.0741. The highest BCUT2D eigenvalue weighted by atomic mass is 19.4. The Labute approximate surface area is 111 Å². The molecular weight excluding hydrogens is 259 g/mol. The molecule has 110 valence electrons. The maximum absolute atomic E-state index is 11.9. The van der Waals surface area contributed by atoms with Crippen molar-refractivity contribution in [2.75, 3.05) is 13.2 Å². The molecular formula is C13H20F3NO2. The van der Waals surface area contributed by atoms with E-state index in [9.17, 15) is 13.2 Å². The van der Waals surface area contributed by atoms with Crippen LogP contribution < -0.4 is 5.32 Å². The first-order valence-electron chi connectivity index (χ1n) is 6.35. The average molecular weight is 279 g/mol. The number of rotatable bonds is 8. The lowest BCUT2D eigenvalue weighted by Crippen LogP contribution is -2.13. The van der Waals surface area contributed by atoms with E-state index in [1.54, 1.807) is 0 Å². The summed E-state index contributed by atoms with van der Waals surface area (Å²) in [5.74, 6) is 1.34. The van der Waals surface area contributed by atoms with E-state index in [4.69, 9.17) is 9.15 Å². The third-order valence-electron chi connectivity index (χ3n) is 2.59. The molecule has 1 rings (SSSR count). The van der Waals surface area contributed by atoms with E-state index < -0.39 is 12.6 Å². The van der Waals surface area contributed by atoms with Crippen molar-refractivity contribution in [3.8, 4) is 0 Å². The second-order valence-corrected chi connectivity index (χ2v) is 4.39. The molecule has 0 radical (unpaired) electrons. The number of hydrogen-bond acceptors (Lipinski definition) is 3. The first kappa shape index (κ1) is 16.0. The Morgan fingerprint density at radius 1 is 1.37 bits per heavy atom. The molecule has 1 heterocycles. The summed E-state index contributed by atoms with van der Waals surface area (Å²) < 4.78 is 46.1. The molecule has 0 spiro atoms. The number of ether oxygens (including phenoxy) is 1. The first-order chi connectivity index (χ1) is 8.92. The number of hydrogen-bond donors (Lipinski definition) is 1. The molecule has 0 aliphatic carbocycles. The monoisotopic (exact) mass is 279 g/mol. The van der Waals surface area contributed by atoms with Gasteiger partial charge in [0.2, 0.25) is 0 Å². The molecule has 6 heteroatoms. The molecule has 0 saturated heterocycles. The largest absolute Gasteiger partial charge is 0.464 e. The Balaban J connectivity index is 2.32. The van der Waals surface area contributed by atoms with Gasteiger partial charge in [0.05, 0.1) is 13.0 Å². The molecule has 0 saturated carbocycles. The molecule has 0 bridgehead atoms. The zero-order valence-electron chi connectivity index (χ0n) is 11.3. The van der Waals surface area contributed by atoms with Gasteiger partial charge in [-0.1, -0.05) is 6.92 Å². The number of alkyl halides is 3. The average Bonchev–Trinajstić information content (AvgIpc) is 2.65. The Morgan fingerprint density at radius 3 is 2.74 bits per heavy atom. The van der Waals surface area contributed by atoms with E-state index in [0.717, 1.165) is 24.3 Å². The van der Waals surface area contributed by atoms with E-state index in [2.05, 4.69) is 12.2 Å². The lowest BCUT2D eigenvalue weighted by Gasteiger charge is -2.05. The molecule has 19 heavy (non-hydrogen) atoms. The quantitative estimate of drug-likeness (QED) is 0.739. The zero-order valence-corrected chi connectivity index (χ0v) is 11.3. The summed E-state index contributed by atoms with van der Waals surface area (Å²) >= 11 is 0. The third-order valence-corrected chi connectivity index (χ3v) is 2.59. The standard InChI is InChI=1S/C13H20F3NO2/c1-3-5-17-8-11-7-12(19-10(11)2)9-18-6-4-13(14,15)16/h7,17H,3-6,8-9H2,1-2H3. The van der Waals surface area contributed by atoms with Crippen molar-refractivity contribution in [3.63, 3.8) is 0 Å². The Bertz CT molecular complexity index is 374. The summed E-state index contributed by atoms with van der Waals surface area (Å²) in [6.07, 6.45) is -4.06. The van der Waals surface area contributed by atoms with Gasteiger partial charge in [-0.25, -0.2) is 0 Å². The second-order valence-electron chi connectivity index (χ2n) is 4.39. The van der Waals surface area contributed by atoms with Crippen molar-refractivity contribution in [1.82, 2.24) is 5.32 Å². The fraction of sp³-hybridized carbons (Fsp3) is 0.692. The van der Waals surface area contributed by atoms with Gasteiger partial charge in [-0.3, -0.25) is 0 Å². The predicted octanol–water partition coefficient (Wildman–Crippen LogP) is 3.56. The maximum Gasteiger partial charge on any atom is 0.391 e. The van der Waals surface area contributed by atoms with E-state index in [-0.39, 0.29) is 13.2 Å². The normalized spacial score (nSPS) is 12.1. The summed E-state index contributed by atoms with van der Waals surface area (Å²) in [6, 6.07) is 1.82. The van der Waals surface area contributed by atoms with E-state index in [1.165, 1.54) is 0 Å². The van der Waals surface area contributed by atoms with Gasteiger partial charge in [0.25, 0.3) is 0 Å². The minimum atomic E-state index is -4.17. The lowest BCUT2D eigenvalue weighted by molar-refractivity contribution is -0.146. The van der Waals surface area contributed by atoms with Gasteiger partial charge in [-0.15, -0.1) is 0 Å². The first-order valence-corrected chi connectivity index (χ1v) is 6.35. The summed E-state index contributed by atoms with van der Waals surface area (Å²) in [4.78, 5) is 0. The third kappa shape index (κ3) is 6.63. The SMILES string of the molecule is CCCNCc1cc(COCCC(F)(F)F)oc1C. The molecule has 0 aliphatic heterocycles. The molecule has 0 fully saturated rings. The Morgan fingerprint density at radius 2 is 2.11 bits per heavy atom. The van der Waals surface area contributed by atoms with Gasteiger partial charge in [0, 0.05) is 12.1 Å². The van der Waals surface area contributed by atoms with Crippen molar-refractivity contribution in [2.24, 2.45) is 0 Å². The van der Waals surface area contributed by atoms with Crippen LogP contribution >= 0.6 is 0 Å². The second kappa shape index (κ2) is 7.55. The van der Waals surface area contributed by atoms with Gasteiger partial charge < -0.3 is 14.5 Å². The summed E-state index contributed by atoms with van der Waals surface area (Å²) in [5.41, 5.74) is 1.02. The number of furan rings is 1. The van der Waals surface area contributed by atoms with Crippen molar-refractivity contribution in [1.29, 1.82) is 0 Å². The molecule has 0 amide bonds. The number of halogens is 3. The van der Waals surface area contributed by atoms with E-state index in [1.807, 2.05) is 13.0 Å². The number of nitrogens with one attached hydrogen (secondary N) is 1. The molecule has 1 aromatic rings. The van der Waals surface area contributed by atoms with Crippen molar-refractivity contribution < 1.29 is 22.3 Å². The van der Waals surface area contributed by atoms with Crippen LogP contribution in [0.5, 0.6) is 0 Å². The van der Waals surface area contributed by atoms with Crippen LogP contribution in [-0.4, -0.2) is 19.3 Å². The van der Waals surface area contributed by atoms with Crippen LogP contribution in [0.2, 0.25) is 0 Å². The highest BCUT2D eigenvalue weighted by molar-refractivity contribution is 5.20. The molecule has 0 aliphatic rings. The molecule has 1 aromatic heterocycles.